The van der Waals surface area contributed by atoms with Gasteiger partial charge in [-0.05, 0) is 43.9 Å². The van der Waals surface area contributed by atoms with E-state index >= 15 is 0 Å². The van der Waals surface area contributed by atoms with Crippen molar-refractivity contribution in [1.82, 2.24) is 10.2 Å². The zero-order valence-corrected chi connectivity index (χ0v) is 16.1. The lowest BCUT2D eigenvalue weighted by Gasteiger charge is -2.33. The fraction of sp³-hybridized carbons (Fsp3) is 0.579. The van der Waals surface area contributed by atoms with Gasteiger partial charge in [-0.25, -0.2) is 4.79 Å². The number of amides is 3. The maximum Gasteiger partial charge on any atom is 0.321 e. The number of carbonyl (C=O) groups excluding carboxylic acids is 2. The molecule has 1 saturated heterocycles. The summed E-state index contributed by atoms with van der Waals surface area (Å²) in [4.78, 5) is 26.5. The highest BCUT2D eigenvalue weighted by Gasteiger charge is 2.27. The van der Waals surface area contributed by atoms with Crippen LogP contribution in [0.1, 0.15) is 44.9 Å². The normalized spacial score (nSPS) is 19.5. The van der Waals surface area contributed by atoms with Crippen LogP contribution in [0, 0.1) is 5.92 Å². The molecule has 1 aromatic carbocycles. The van der Waals surface area contributed by atoms with Crippen LogP contribution in [0.4, 0.5) is 10.5 Å². The first-order chi connectivity index (χ1) is 12.1. The minimum atomic E-state index is -0.0739. The maximum absolute atomic E-state index is 12.4. The summed E-state index contributed by atoms with van der Waals surface area (Å²) in [6.07, 6.45) is 7.31. The SMILES string of the molecule is O=C(NC1CCN(C(=O)Nc2cccc(Br)c2)CC1)C1CCCCC1. The van der Waals surface area contributed by atoms with Crippen LogP contribution in [0.25, 0.3) is 0 Å². The van der Waals surface area contributed by atoms with Gasteiger partial charge in [0.2, 0.25) is 5.91 Å². The number of benzene rings is 1. The summed E-state index contributed by atoms with van der Waals surface area (Å²) in [6, 6.07) is 7.71. The van der Waals surface area contributed by atoms with Crippen molar-refractivity contribution in [3.63, 3.8) is 0 Å². The monoisotopic (exact) mass is 407 g/mol. The zero-order chi connectivity index (χ0) is 17.6. The fourth-order valence-electron chi connectivity index (χ4n) is 3.68. The van der Waals surface area contributed by atoms with E-state index in [2.05, 4.69) is 26.6 Å². The number of nitrogens with one attached hydrogen (secondary N) is 2. The van der Waals surface area contributed by atoms with Crippen molar-refractivity contribution >= 4 is 33.6 Å². The molecule has 3 amide bonds. The van der Waals surface area contributed by atoms with Gasteiger partial charge >= 0.3 is 6.03 Å². The number of likely N-dealkylation sites (tertiary alicyclic amines) is 1. The molecule has 1 aliphatic carbocycles. The van der Waals surface area contributed by atoms with Gasteiger partial charge in [0, 0.05) is 35.2 Å². The molecule has 1 aromatic rings. The van der Waals surface area contributed by atoms with Gasteiger partial charge in [0.25, 0.3) is 0 Å². The Morgan fingerprint density at radius 1 is 1.04 bits per heavy atom. The van der Waals surface area contributed by atoms with E-state index in [1.165, 1.54) is 19.3 Å². The molecule has 0 radical (unpaired) electrons. The second-order valence-corrected chi connectivity index (χ2v) is 7.96. The summed E-state index contributed by atoms with van der Waals surface area (Å²) in [6.45, 7) is 1.35. The topological polar surface area (TPSA) is 61.4 Å². The van der Waals surface area contributed by atoms with Crippen LogP contribution in [0.15, 0.2) is 28.7 Å². The van der Waals surface area contributed by atoms with E-state index in [1.54, 1.807) is 0 Å². The Balaban J connectivity index is 1.43. The Hall–Kier alpha value is -1.56. The molecule has 1 saturated carbocycles. The smallest absolute Gasteiger partial charge is 0.321 e. The third-order valence-corrected chi connectivity index (χ3v) is 5.67. The molecule has 1 aliphatic heterocycles. The number of carbonyl (C=O) groups is 2. The van der Waals surface area contributed by atoms with E-state index in [4.69, 9.17) is 0 Å². The van der Waals surface area contributed by atoms with Crippen molar-refractivity contribution in [3.05, 3.63) is 28.7 Å². The molecule has 2 fully saturated rings. The highest BCUT2D eigenvalue weighted by molar-refractivity contribution is 9.10. The van der Waals surface area contributed by atoms with E-state index in [0.717, 1.165) is 35.8 Å². The number of rotatable bonds is 3. The van der Waals surface area contributed by atoms with Crippen LogP contribution >= 0.6 is 15.9 Å². The molecule has 0 unspecified atom stereocenters. The summed E-state index contributed by atoms with van der Waals surface area (Å²) in [5.41, 5.74) is 0.784. The first kappa shape index (κ1) is 18.2. The van der Waals surface area contributed by atoms with Crippen LogP contribution in [-0.2, 0) is 4.79 Å². The average Bonchev–Trinajstić information content (AvgIpc) is 2.63. The Bertz CT molecular complexity index is 608. The van der Waals surface area contributed by atoms with Gasteiger partial charge in [-0.3, -0.25) is 4.79 Å². The van der Waals surface area contributed by atoms with E-state index in [-0.39, 0.29) is 23.9 Å². The Morgan fingerprint density at radius 2 is 1.76 bits per heavy atom. The molecule has 2 aliphatic rings. The minimum Gasteiger partial charge on any atom is -0.353 e. The molecule has 0 aromatic heterocycles. The zero-order valence-electron chi connectivity index (χ0n) is 14.5. The fourth-order valence-corrected chi connectivity index (χ4v) is 4.08. The van der Waals surface area contributed by atoms with E-state index in [0.29, 0.717) is 13.1 Å². The van der Waals surface area contributed by atoms with Crippen LogP contribution < -0.4 is 10.6 Å². The van der Waals surface area contributed by atoms with Gasteiger partial charge in [-0.2, -0.15) is 0 Å². The lowest BCUT2D eigenvalue weighted by atomic mass is 9.88. The lowest BCUT2D eigenvalue weighted by molar-refractivity contribution is -0.126. The van der Waals surface area contributed by atoms with Gasteiger partial charge in [-0.1, -0.05) is 41.3 Å². The van der Waals surface area contributed by atoms with Crippen molar-refractivity contribution in [3.8, 4) is 0 Å². The van der Waals surface area contributed by atoms with Crippen LogP contribution in [0.5, 0.6) is 0 Å². The van der Waals surface area contributed by atoms with Gasteiger partial charge < -0.3 is 15.5 Å². The number of halogens is 1. The molecule has 0 atom stereocenters. The molecule has 5 nitrogen and oxygen atoms in total. The minimum absolute atomic E-state index is 0.0739. The molecular weight excluding hydrogens is 382 g/mol. The van der Waals surface area contributed by atoms with Crippen molar-refractivity contribution in [2.75, 3.05) is 18.4 Å². The van der Waals surface area contributed by atoms with E-state index < -0.39 is 0 Å². The molecule has 2 N–H and O–H groups in total. The Labute approximate surface area is 157 Å². The van der Waals surface area contributed by atoms with Crippen molar-refractivity contribution in [2.45, 2.75) is 51.0 Å². The number of piperidine rings is 1. The number of anilines is 1. The summed E-state index contributed by atoms with van der Waals surface area (Å²) >= 11 is 3.41. The molecule has 3 rings (SSSR count). The maximum atomic E-state index is 12.4. The second-order valence-electron chi connectivity index (χ2n) is 7.05. The predicted molar refractivity (Wildman–Crippen MR) is 102 cm³/mol. The third-order valence-electron chi connectivity index (χ3n) is 5.18. The van der Waals surface area contributed by atoms with Crippen molar-refractivity contribution in [2.24, 2.45) is 5.92 Å². The molecule has 0 spiro atoms. The number of hydrogen-bond acceptors (Lipinski definition) is 2. The van der Waals surface area contributed by atoms with E-state index in [1.807, 2.05) is 29.2 Å². The third kappa shape index (κ3) is 5.21. The number of hydrogen-bond donors (Lipinski definition) is 2. The summed E-state index contributed by atoms with van der Waals surface area (Å²) in [5.74, 6) is 0.420. The van der Waals surface area contributed by atoms with Crippen molar-refractivity contribution < 1.29 is 9.59 Å². The van der Waals surface area contributed by atoms with Gasteiger partial charge in [0.1, 0.15) is 0 Å². The second kappa shape index (κ2) is 8.70. The first-order valence-electron chi connectivity index (χ1n) is 9.24. The lowest BCUT2D eigenvalue weighted by Crippen LogP contribution is -2.49. The predicted octanol–water partition coefficient (Wildman–Crippen LogP) is 4.14. The summed E-state index contributed by atoms with van der Waals surface area (Å²) < 4.78 is 0.939. The molecule has 136 valence electrons. The van der Waals surface area contributed by atoms with Gasteiger partial charge in [-0.15, -0.1) is 0 Å². The molecule has 25 heavy (non-hydrogen) atoms. The largest absolute Gasteiger partial charge is 0.353 e. The standard InChI is InChI=1S/C19H26BrN3O2/c20-15-7-4-8-17(13-15)22-19(25)23-11-9-16(10-12-23)21-18(24)14-5-2-1-3-6-14/h4,7-8,13-14,16H,1-3,5-6,9-12H2,(H,21,24)(H,22,25). The van der Waals surface area contributed by atoms with Crippen LogP contribution in [-0.4, -0.2) is 36.0 Å². The van der Waals surface area contributed by atoms with Crippen LogP contribution in [0.2, 0.25) is 0 Å². The highest BCUT2D eigenvalue weighted by atomic mass is 79.9. The Morgan fingerprint density at radius 3 is 2.44 bits per heavy atom. The van der Waals surface area contributed by atoms with Crippen molar-refractivity contribution in [1.29, 1.82) is 0 Å². The quantitative estimate of drug-likeness (QED) is 0.790. The first-order valence-corrected chi connectivity index (χ1v) is 10.0. The van der Waals surface area contributed by atoms with E-state index in [9.17, 15) is 9.59 Å². The van der Waals surface area contributed by atoms with Gasteiger partial charge in [0.05, 0.1) is 0 Å². The average molecular weight is 408 g/mol. The molecule has 1 heterocycles. The molecular formula is C19H26BrN3O2. The summed E-state index contributed by atoms with van der Waals surface area (Å²) in [5, 5.41) is 6.13. The highest BCUT2D eigenvalue weighted by Crippen LogP contribution is 2.24. The number of nitrogens with zero attached hydrogens (tertiary/aromatic N) is 1. The molecule has 0 bridgehead atoms. The van der Waals surface area contributed by atoms with Gasteiger partial charge in [0.15, 0.2) is 0 Å². The summed E-state index contributed by atoms with van der Waals surface area (Å²) in [7, 11) is 0. The van der Waals surface area contributed by atoms with Crippen LogP contribution in [0.3, 0.4) is 0 Å². The Kier molecular flexibility index (Phi) is 6.34. The number of urea groups is 1. The molecule has 6 heteroatoms.